The average Bonchev–Trinajstić information content (AvgIpc) is 2.82. The van der Waals surface area contributed by atoms with Gasteiger partial charge >= 0.3 is 6.18 Å². The molecule has 1 amide bonds. The van der Waals surface area contributed by atoms with Crippen molar-refractivity contribution >= 4 is 40.9 Å². The predicted molar refractivity (Wildman–Crippen MR) is 127 cm³/mol. The van der Waals surface area contributed by atoms with Crippen LogP contribution in [0.2, 0.25) is 10.0 Å². The Balaban J connectivity index is 1.84. The van der Waals surface area contributed by atoms with Crippen LogP contribution in [0.3, 0.4) is 0 Å². The molecule has 0 aromatic heterocycles. The standard InChI is InChI=1S/C25H17Cl2F3N2O3/c1-34-22-9-6-15(11-23(22)35-14-16-4-2-3-5-19(16)26)10-17(13-31)24(33)32-21-12-18(25(28,29)30)7-8-20(21)27/h2-12H,14H2,1H3,(H,32,33)/b17-10-. The van der Waals surface area contributed by atoms with Gasteiger partial charge in [-0.1, -0.05) is 47.5 Å². The number of methoxy groups -OCH3 is 1. The number of alkyl halides is 3. The van der Waals surface area contributed by atoms with Crippen LogP contribution in [-0.2, 0) is 17.6 Å². The van der Waals surface area contributed by atoms with Crippen molar-refractivity contribution in [2.24, 2.45) is 0 Å². The van der Waals surface area contributed by atoms with E-state index >= 15 is 0 Å². The molecule has 0 fully saturated rings. The van der Waals surface area contributed by atoms with E-state index in [1.165, 1.54) is 13.2 Å². The van der Waals surface area contributed by atoms with Crippen molar-refractivity contribution in [1.29, 1.82) is 5.26 Å². The Morgan fingerprint density at radius 1 is 1.06 bits per heavy atom. The topological polar surface area (TPSA) is 71.3 Å². The third-order valence-electron chi connectivity index (χ3n) is 4.75. The number of nitrogens with zero attached hydrogens (tertiary/aromatic N) is 1. The molecule has 0 unspecified atom stereocenters. The highest BCUT2D eigenvalue weighted by Crippen LogP contribution is 2.34. The summed E-state index contributed by atoms with van der Waals surface area (Å²) in [5.74, 6) is -0.184. The number of nitriles is 1. The van der Waals surface area contributed by atoms with Crippen molar-refractivity contribution in [2.45, 2.75) is 12.8 Å². The lowest BCUT2D eigenvalue weighted by molar-refractivity contribution is -0.137. The van der Waals surface area contributed by atoms with Crippen molar-refractivity contribution in [3.63, 3.8) is 0 Å². The third kappa shape index (κ3) is 6.69. The summed E-state index contributed by atoms with van der Waals surface area (Å²) in [6.45, 7) is 0.142. The summed E-state index contributed by atoms with van der Waals surface area (Å²) in [6, 6.07) is 16.1. The van der Waals surface area contributed by atoms with Gasteiger partial charge < -0.3 is 14.8 Å². The first-order valence-corrected chi connectivity index (χ1v) is 10.7. The van der Waals surface area contributed by atoms with Gasteiger partial charge in [0.1, 0.15) is 18.2 Å². The van der Waals surface area contributed by atoms with Gasteiger partial charge in [0.25, 0.3) is 5.91 Å². The summed E-state index contributed by atoms with van der Waals surface area (Å²) in [5, 5.41) is 12.1. The lowest BCUT2D eigenvalue weighted by Gasteiger charge is -2.13. The van der Waals surface area contributed by atoms with Gasteiger partial charge in [-0.15, -0.1) is 0 Å². The molecule has 1 N–H and O–H groups in total. The van der Waals surface area contributed by atoms with Crippen molar-refractivity contribution in [3.8, 4) is 17.6 Å². The zero-order valence-electron chi connectivity index (χ0n) is 18.1. The lowest BCUT2D eigenvalue weighted by atomic mass is 10.1. The molecule has 0 saturated heterocycles. The van der Waals surface area contributed by atoms with Crippen molar-refractivity contribution < 1.29 is 27.4 Å². The Morgan fingerprint density at radius 2 is 1.80 bits per heavy atom. The van der Waals surface area contributed by atoms with Gasteiger partial charge in [0.2, 0.25) is 0 Å². The molecule has 0 radical (unpaired) electrons. The number of ether oxygens (including phenoxy) is 2. The molecule has 180 valence electrons. The summed E-state index contributed by atoms with van der Waals surface area (Å²) in [7, 11) is 1.46. The zero-order chi connectivity index (χ0) is 25.6. The first-order chi connectivity index (χ1) is 16.6. The van der Waals surface area contributed by atoms with Gasteiger partial charge in [-0.05, 0) is 48.0 Å². The molecule has 5 nitrogen and oxygen atoms in total. The van der Waals surface area contributed by atoms with Crippen molar-refractivity contribution in [1.82, 2.24) is 0 Å². The summed E-state index contributed by atoms with van der Waals surface area (Å²) >= 11 is 12.1. The molecule has 0 spiro atoms. The van der Waals surface area contributed by atoms with Gasteiger partial charge in [-0.3, -0.25) is 4.79 Å². The summed E-state index contributed by atoms with van der Waals surface area (Å²) in [6.07, 6.45) is -3.36. The minimum absolute atomic E-state index is 0.108. The molecule has 10 heteroatoms. The molecule has 3 rings (SSSR count). The molecule has 3 aromatic carbocycles. The van der Waals surface area contributed by atoms with Crippen LogP contribution in [0.5, 0.6) is 11.5 Å². The molecule has 0 aliphatic rings. The fourth-order valence-corrected chi connectivity index (χ4v) is 3.32. The van der Waals surface area contributed by atoms with Gasteiger partial charge in [0, 0.05) is 10.6 Å². The number of hydrogen-bond donors (Lipinski definition) is 1. The van der Waals surface area contributed by atoms with E-state index in [4.69, 9.17) is 32.7 Å². The Kier molecular flexibility index (Phi) is 8.28. The molecule has 0 bridgehead atoms. The van der Waals surface area contributed by atoms with Crippen LogP contribution in [0.4, 0.5) is 18.9 Å². The van der Waals surface area contributed by atoms with Crippen molar-refractivity contribution in [3.05, 3.63) is 93.0 Å². The molecule has 0 heterocycles. The van der Waals surface area contributed by atoms with Gasteiger partial charge in [-0.25, -0.2) is 0 Å². The second kappa shape index (κ2) is 11.2. The second-order valence-corrected chi connectivity index (χ2v) is 7.92. The summed E-state index contributed by atoms with van der Waals surface area (Å²) < 4.78 is 50.1. The molecule has 3 aromatic rings. The quantitative estimate of drug-likeness (QED) is 0.265. The van der Waals surface area contributed by atoms with E-state index in [2.05, 4.69) is 5.32 Å². The molecule has 0 aliphatic heterocycles. The number of hydrogen-bond acceptors (Lipinski definition) is 4. The van der Waals surface area contributed by atoms with Gasteiger partial charge in [0.15, 0.2) is 11.5 Å². The normalized spacial score (nSPS) is 11.5. The Bertz CT molecular complexity index is 1320. The average molecular weight is 521 g/mol. The lowest BCUT2D eigenvalue weighted by Crippen LogP contribution is -2.15. The van der Waals surface area contributed by atoms with Gasteiger partial charge in [-0.2, -0.15) is 18.4 Å². The number of benzene rings is 3. The fraction of sp³-hybridized carbons (Fsp3) is 0.120. The van der Waals surface area contributed by atoms with E-state index in [0.29, 0.717) is 28.2 Å². The Labute approximate surface area is 209 Å². The highest BCUT2D eigenvalue weighted by molar-refractivity contribution is 6.34. The van der Waals surface area contributed by atoms with Crippen LogP contribution in [0.15, 0.2) is 66.2 Å². The monoisotopic (exact) mass is 520 g/mol. The first-order valence-electron chi connectivity index (χ1n) is 9.96. The first kappa shape index (κ1) is 25.9. The maximum atomic E-state index is 13.0. The minimum Gasteiger partial charge on any atom is -0.493 e. The summed E-state index contributed by atoms with van der Waals surface area (Å²) in [5.41, 5.74) is -0.462. The molecule has 0 atom stereocenters. The smallest absolute Gasteiger partial charge is 0.416 e. The number of halogens is 5. The molecule has 35 heavy (non-hydrogen) atoms. The van der Waals surface area contributed by atoms with E-state index in [1.54, 1.807) is 42.5 Å². The van der Waals surface area contributed by atoms with E-state index in [0.717, 1.165) is 17.7 Å². The predicted octanol–water partition coefficient (Wildman–Crippen LogP) is 7.15. The van der Waals surface area contributed by atoms with Gasteiger partial charge in [0.05, 0.1) is 23.4 Å². The number of carbonyl (C=O) groups is 1. The van der Waals surface area contributed by atoms with Crippen LogP contribution in [0.25, 0.3) is 6.08 Å². The minimum atomic E-state index is -4.62. The maximum absolute atomic E-state index is 13.0. The molecular formula is C25H17Cl2F3N2O3. The third-order valence-corrected chi connectivity index (χ3v) is 5.44. The fourth-order valence-electron chi connectivity index (χ4n) is 2.97. The molecule has 0 aliphatic carbocycles. The second-order valence-electron chi connectivity index (χ2n) is 7.11. The van der Waals surface area contributed by atoms with Crippen LogP contribution < -0.4 is 14.8 Å². The van der Waals surface area contributed by atoms with Crippen LogP contribution >= 0.6 is 23.2 Å². The van der Waals surface area contributed by atoms with Crippen molar-refractivity contribution in [2.75, 3.05) is 12.4 Å². The van der Waals surface area contributed by atoms with E-state index in [1.807, 2.05) is 6.07 Å². The Morgan fingerprint density at radius 3 is 2.46 bits per heavy atom. The van der Waals surface area contributed by atoms with Crippen LogP contribution in [-0.4, -0.2) is 13.0 Å². The number of carbonyl (C=O) groups excluding carboxylic acids is 1. The molecule has 0 saturated carbocycles. The highest BCUT2D eigenvalue weighted by atomic mass is 35.5. The van der Waals surface area contributed by atoms with Crippen LogP contribution in [0.1, 0.15) is 16.7 Å². The largest absolute Gasteiger partial charge is 0.493 e. The number of amides is 1. The number of anilines is 1. The Hall–Kier alpha value is -3.67. The van der Waals surface area contributed by atoms with E-state index in [9.17, 15) is 23.2 Å². The highest BCUT2D eigenvalue weighted by Gasteiger charge is 2.31. The summed E-state index contributed by atoms with van der Waals surface area (Å²) in [4.78, 5) is 12.6. The van der Waals surface area contributed by atoms with Crippen LogP contribution in [0, 0.1) is 11.3 Å². The number of rotatable bonds is 7. The van der Waals surface area contributed by atoms with E-state index < -0.39 is 17.6 Å². The SMILES string of the molecule is COc1ccc(/C=C(/C#N)C(=O)Nc2cc(C(F)(F)F)ccc2Cl)cc1OCc1ccccc1Cl. The zero-order valence-corrected chi connectivity index (χ0v) is 19.6. The van der Waals surface area contributed by atoms with E-state index in [-0.39, 0.29) is 22.9 Å². The maximum Gasteiger partial charge on any atom is 0.416 e. The number of nitrogens with one attached hydrogen (secondary N) is 1. The molecular weight excluding hydrogens is 504 g/mol.